The molecule has 1 aromatic carbocycles. The van der Waals surface area contributed by atoms with Gasteiger partial charge in [0.25, 0.3) is 0 Å². The molecule has 1 heterocycles. The minimum absolute atomic E-state index is 0.910. The van der Waals surface area contributed by atoms with Crippen molar-refractivity contribution in [3.8, 4) is 0 Å². The van der Waals surface area contributed by atoms with E-state index in [9.17, 15) is 5.11 Å². The van der Waals surface area contributed by atoms with E-state index < -0.39 is 5.60 Å². The summed E-state index contributed by atoms with van der Waals surface area (Å²) < 4.78 is 0.987. The molecule has 17 heavy (non-hydrogen) atoms. The average molecular weight is 311 g/mol. The molecule has 1 N–H and O–H groups in total. The molecule has 0 saturated carbocycles. The second-order valence-corrected chi connectivity index (χ2v) is 6.15. The van der Waals surface area contributed by atoms with Crippen LogP contribution in [0.4, 0.5) is 0 Å². The average Bonchev–Trinajstić information content (AvgIpc) is 2.78. The predicted octanol–water partition coefficient (Wildman–Crippen LogP) is 4.33. The lowest BCUT2D eigenvalue weighted by Gasteiger charge is -2.23. The summed E-state index contributed by atoms with van der Waals surface area (Å²) in [5.74, 6) is 0. The molecular weight excluding hydrogens is 296 g/mol. The van der Waals surface area contributed by atoms with Gasteiger partial charge in [0.1, 0.15) is 5.60 Å². The van der Waals surface area contributed by atoms with E-state index in [0.29, 0.717) is 0 Å². The van der Waals surface area contributed by atoms with Gasteiger partial charge in [0.05, 0.1) is 0 Å². The Labute approximate surface area is 114 Å². The summed E-state index contributed by atoms with van der Waals surface area (Å²) in [5.41, 5.74) is 0.957. The van der Waals surface area contributed by atoms with E-state index in [-0.39, 0.29) is 0 Å². The summed E-state index contributed by atoms with van der Waals surface area (Å²) in [6.07, 6.45) is 1.01. The van der Waals surface area contributed by atoms with Crippen LogP contribution in [-0.2, 0) is 12.0 Å². The molecule has 2 rings (SSSR count). The van der Waals surface area contributed by atoms with Gasteiger partial charge in [-0.1, -0.05) is 35.0 Å². The van der Waals surface area contributed by atoms with Gasteiger partial charge in [0, 0.05) is 9.35 Å². The van der Waals surface area contributed by atoms with Crippen molar-refractivity contribution in [2.45, 2.75) is 25.9 Å². The normalized spacial score (nSPS) is 14.6. The van der Waals surface area contributed by atoms with Crippen LogP contribution in [0.15, 0.2) is 40.2 Å². The monoisotopic (exact) mass is 310 g/mol. The van der Waals surface area contributed by atoms with Gasteiger partial charge in [0.2, 0.25) is 0 Å². The molecule has 90 valence electrons. The zero-order valence-electron chi connectivity index (χ0n) is 9.90. The van der Waals surface area contributed by atoms with E-state index in [2.05, 4.69) is 28.9 Å². The van der Waals surface area contributed by atoms with Gasteiger partial charge in [-0.25, -0.2) is 0 Å². The number of hydrogen-bond acceptors (Lipinski definition) is 2. The van der Waals surface area contributed by atoms with Gasteiger partial charge in [0.15, 0.2) is 0 Å². The van der Waals surface area contributed by atoms with Crippen molar-refractivity contribution < 1.29 is 5.11 Å². The lowest BCUT2D eigenvalue weighted by Crippen LogP contribution is -2.21. The molecule has 1 atom stereocenters. The topological polar surface area (TPSA) is 20.2 Å². The number of benzene rings is 1. The smallest absolute Gasteiger partial charge is 0.113 e. The van der Waals surface area contributed by atoms with Crippen molar-refractivity contribution in [1.29, 1.82) is 0 Å². The molecule has 2 aromatic rings. The highest BCUT2D eigenvalue weighted by atomic mass is 79.9. The van der Waals surface area contributed by atoms with Gasteiger partial charge in [-0.3, -0.25) is 0 Å². The molecule has 0 fully saturated rings. The molecule has 0 amide bonds. The Morgan fingerprint density at radius 1 is 1.29 bits per heavy atom. The summed E-state index contributed by atoms with van der Waals surface area (Å²) in [7, 11) is 0. The van der Waals surface area contributed by atoms with E-state index in [1.807, 2.05) is 36.6 Å². The Bertz CT molecular complexity index is 516. The van der Waals surface area contributed by atoms with Crippen molar-refractivity contribution >= 4 is 27.3 Å². The van der Waals surface area contributed by atoms with Crippen LogP contribution in [0.2, 0.25) is 0 Å². The first-order chi connectivity index (χ1) is 8.04. The molecule has 0 aliphatic heterocycles. The van der Waals surface area contributed by atoms with Crippen molar-refractivity contribution in [1.82, 2.24) is 0 Å². The highest BCUT2D eigenvalue weighted by Crippen LogP contribution is 2.33. The van der Waals surface area contributed by atoms with Crippen molar-refractivity contribution in [2.75, 3.05) is 0 Å². The molecule has 0 aliphatic carbocycles. The zero-order chi connectivity index (χ0) is 12.5. The van der Waals surface area contributed by atoms with Crippen LogP contribution in [0, 0.1) is 0 Å². The molecule has 3 heteroatoms. The van der Waals surface area contributed by atoms with Gasteiger partial charge in [-0.15, -0.1) is 11.3 Å². The van der Waals surface area contributed by atoms with Crippen LogP contribution in [0.3, 0.4) is 0 Å². The first-order valence-electron chi connectivity index (χ1n) is 5.60. The van der Waals surface area contributed by atoms with E-state index >= 15 is 0 Å². The maximum absolute atomic E-state index is 10.7. The van der Waals surface area contributed by atoms with Crippen LogP contribution in [0.1, 0.15) is 29.9 Å². The summed E-state index contributed by atoms with van der Waals surface area (Å²) in [4.78, 5) is 1.30. The quantitative estimate of drug-likeness (QED) is 0.894. The number of aryl methyl sites for hydroxylation is 1. The Balaban J connectivity index is 2.41. The third-order valence-corrected chi connectivity index (χ3v) is 4.53. The molecule has 0 saturated heterocycles. The summed E-state index contributed by atoms with van der Waals surface area (Å²) in [5, 5.41) is 12.7. The van der Waals surface area contributed by atoms with Gasteiger partial charge < -0.3 is 5.11 Å². The maximum atomic E-state index is 10.7. The fourth-order valence-corrected chi connectivity index (χ4v) is 3.12. The van der Waals surface area contributed by atoms with E-state index in [4.69, 9.17) is 0 Å². The van der Waals surface area contributed by atoms with Gasteiger partial charge >= 0.3 is 0 Å². The molecule has 0 spiro atoms. The van der Waals surface area contributed by atoms with Gasteiger partial charge in [-0.2, -0.15) is 0 Å². The molecular formula is C14H15BrOS. The first kappa shape index (κ1) is 12.8. The minimum atomic E-state index is -0.923. The molecule has 0 aliphatic rings. The fourth-order valence-electron chi connectivity index (χ4n) is 1.78. The molecule has 0 bridgehead atoms. The summed E-state index contributed by atoms with van der Waals surface area (Å²) in [6, 6.07) is 9.91. The molecule has 0 radical (unpaired) electrons. The third kappa shape index (κ3) is 2.62. The second kappa shape index (κ2) is 4.92. The largest absolute Gasteiger partial charge is 0.381 e. The number of aliphatic hydroxyl groups is 1. The Morgan fingerprint density at radius 2 is 2.06 bits per heavy atom. The lowest BCUT2D eigenvalue weighted by molar-refractivity contribution is 0.103. The number of hydrogen-bond donors (Lipinski definition) is 1. The van der Waals surface area contributed by atoms with Crippen molar-refractivity contribution in [3.63, 3.8) is 0 Å². The van der Waals surface area contributed by atoms with Crippen LogP contribution in [0.5, 0.6) is 0 Å². The molecule has 1 aromatic heterocycles. The Kier molecular flexibility index (Phi) is 3.71. The minimum Gasteiger partial charge on any atom is -0.381 e. The predicted molar refractivity (Wildman–Crippen MR) is 76.5 cm³/mol. The lowest BCUT2D eigenvalue weighted by atomic mass is 9.90. The maximum Gasteiger partial charge on any atom is 0.113 e. The Morgan fingerprint density at radius 3 is 2.65 bits per heavy atom. The number of thiophene rings is 1. The summed E-state index contributed by atoms with van der Waals surface area (Å²) >= 11 is 5.14. The number of halogens is 1. The molecule has 1 unspecified atom stereocenters. The van der Waals surface area contributed by atoms with Crippen molar-refractivity contribution in [3.05, 3.63) is 56.2 Å². The van der Waals surface area contributed by atoms with E-state index in [1.165, 1.54) is 4.88 Å². The van der Waals surface area contributed by atoms with Crippen LogP contribution < -0.4 is 0 Å². The second-order valence-electron chi connectivity index (χ2n) is 4.24. The van der Waals surface area contributed by atoms with Crippen LogP contribution in [0.25, 0.3) is 0 Å². The fraction of sp³-hybridized carbons (Fsp3) is 0.286. The van der Waals surface area contributed by atoms with Crippen LogP contribution >= 0.6 is 27.3 Å². The molecule has 1 nitrogen and oxygen atoms in total. The first-order valence-corrected chi connectivity index (χ1v) is 7.27. The van der Waals surface area contributed by atoms with E-state index in [0.717, 1.165) is 22.0 Å². The zero-order valence-corrected chi connectivity index (χ0v) is 12.3. The highest BCUT2D eigenvalue weighted by Gasteiger charge is 2.26. The SMILES string of the molecule is CCc1cc(C(C)(O)c2cccc(Br)c2)cs1. The van der Waals surface area contributed by atoms with Gasteiger partial charge in [-0.05, 0) is 48.1 Å². The van der Waals surface area contributed by atoms with E-state index in [1.54, 1.807) is 11.3 Å². The summed E-state index contributed by atoms with van der Waals surface area (Å²) in [6.45, 7) is 3.97. The van der Waals surface area contributed by atoms with Crippen molar-refractivity contribution in [2.24, 2.45) is 0 Å². The third-order valence-electron chi connectivity index (χ3n) is 2.95. The van der Waals surface area contributed by atoms with Crippen LogP contribution in [-0.4, -0.2) is 5.11 Å². The standard InChI is InChI=1S/C14H15BrOS/c1-3-13-8-11(9-17-13)14(2,16)10-5-4-6-12(15)7-10/h4-9,16H,3H2,1-2H3. The Hall–Kier alpha value is -0.640. The number of rotatable bonds is 3. The highest BCUT2D eigenvalue weighted by molar-refractivity contribution is 9.10.